The van der Waals surface area contributed by atoms with E-state index >= 15 is 0 Å². The molecular weight excluding hydrogens is 371 g/mol. The summed E-state index contributed by atoms with van der Waals surface area (Å²) in [5, 5.41) is 8.07. The Morgan fingerprint density at radius 2 is 2.07 bits per heavy atom. The second-order valence-corrected chi connectivity index (χ2v) is 7.12. The van der Waals surface area contributed by atoms with Crippen LogP contribution in [-0.2, 0) is 11.3 Å². The van der Waals surface area contributed by atoms with Crippen molar-refractivity contribution in [2.24, 2.45) is 5.92 Å². The first-order valence-corrected chi connectivity index (χ1v) is 9.40. The van der Waals surface area contributed by atoms with Gasteiger partial charge >= 0.3 is 6.36 Å². The van der Waals surface area contributed by atoms with Crippen LogP contribution in [0.25, 0.3) is 11.3 Å². The van der Waals surface area contributed by atoms with E-state index in [4.69, 9.17) is 4.74 Å². The Morgan fingerprint density at radius 1 is 1.21 bits per heavy atom. The highest BCUT2D eigenvalue weighted by atomic mass is 19.4. The minimum atomic E-state index is -4.80. The Bertz CT molecular complexity index is 888. The molecule has 0 N–H and O–H groups in total. The molecule has 1 saturated carbocycles. The van der Waals surface area contributed by atoms with Gasteiger partial charge in [0, 0.05) is 23.7 Å². The lowest BCUT2D eigenvalue weighted by Crippen LogP contribution is -2.24. The molecule has 1 unspecified atom stereocenters. The molecular formula is C20H20F3N3O2. The van der Waals surface area contributed by atoms with Gasteiger partial charge in [-0.2, -0.15) is 0 Å². The van der Waals surface area contributed by atoms with Gasteiger partial charge in [-0.05, 0) is 50.3 Å². The molecule has 1 aliphatic carbocycles. The minimum absolute atomic E-state index is 0.0502. The molecule has 1 aromatic heterocycles. The van der Waals surface area contributed by atoms with E-state index in [2.05, 4.69) is 26.9 Å². The van der Waals surface area contributed by atoms with E-state index in [1.165, 1.54) is 6.07 Å². The van der Waals surface area contributed by atoms with Gasteiger partial charge in [-0.15, -0.1) is 18.3 Å². The van der Waals surface area contributed by atoms with Gasteiger partial charge in [0.05, 0.1) is 18.8 Å². The fourth-order valence-corrected chi connectivity index (χ4v) is 3.10. The standard InChI is InChI=1S/C20H20F3N3O2/c21-20(22,23)28-19-11-15(7-6-14-4-5-14)8-9-17(19)18-13-26(25-24-18)12-16-3-1-2-10-27-16/h8-9,11,13-14,16H,1-5,10,12H2. The van der Waals surface area contributed by atoms with Crippen LogP contribution in [0.2, 0.25) is 0 Å². The number of benzene rings is 1. The highest BCUT2D eigenvalue weighted by molar-refractivity contribution is 5.68. The smallest absolute Gasteiger partial charge is 0.405 e. The molecule has 0 spiro atoms. The monoisotopic (exact) mass is 391 g/mol. The fourth-order valence-electron chi connectivity index (χ4n) is 3.10. The Hall–Kier alpha value is -2.53. The average molecular weight is 391 g/mol. The number of hydrogen-bond donors (Lipinski definition) is 0. The lowest BCUT2D eigenvalue weighted by Gasteiger charge is -2.21. The van der Waals surface area contributed by atoms with Gasteiger partial charge in [0.15, 0.2) is 0 Å². The lowest BCUT2D eigenvalue weighted by atomic mass is 10.1. The SMILES string of the molecule is FC(F)(F)Oc1cc(C#CC2CC2)ccc1-c1cn(CC2CCCCO2)nn1. The predicted octanol–water partition coefficient (Wildman–Crippen LogP) is 4.17. The van der Waals surface area contributed by atoms with E-state index in [-0.39, 0.29) is 17.4 Å². The Kier molecular flexibility index (Phi) is 5.27. The average Bonchev–Trinajstić information content (AvgIpc) is 3.38. The van der Waals surface area contributed by atoms with Gasteiger partial charge in [-0.3, -0.25) is 0 Å². The largest absolute Gasteiger partial charge is 0.573 e. The number of alkyl halides is 3. The van der Waals surface area contributed by atoms with E-state index in [0.717, 1.165) is 38.7 Å². The zero-order valence-electron chi connectivity index (χ0n) is 15.2. The summed E-state index contributed by atoms with van der Waals surface area (Å²) in [6.45, 7) is 1.24. The summed E-state index contributed by atoms with van der Waals surface area (Å²) in [6, 6.07) is 4.53. The molecule has 2 aromatic rings. The van der Waals surface area contributed by atoms with E-state index in [1.807, 2.05) is 0 Å². The Balaban J connectivity index is 1.57. The Morgan fingerprint density at radius 3 is 2.79 bits per heavy atom. The molecule has 2 aliphatic rings. The summed E-state index contributed by atoms with van der Waals surface area (Å²) in [7, 11) is 0. The van der Waals surface area contributed by atoms with Crippen molar-refractivity contribution < 1.29 is 22.6 Å². The quantitative estimate of drug-likeness (QED) is 0.734. The van der Waals surface area contributed by atoms with Crippen LogP contribution in [0.4, 0.5) is 13.2 Å². The lowest BCUT2D eigenvalue weighted by molar-refractivity contribution is -0.274. The molecule has 1 atom stereocenters. The van der Waals surface area contributed by atoms with E-state index in [0.29, 0.717) is 23.7 Å². The van der Waals surface area contributed by atoms with Gasteiger partial charge < -0.3 is 9.47 Å². The topological polar surface area (TPSA) is 49.2 Å². The number of rotatable bonds is 4. The second-order valence-electron chi connectivity index (χ2n) is 7.12. The molecule has 4 rings (SSSR count). The summed E-state index contributed by atoms with van der Waals surface area (Å²) in [6.07, 6.45) is 2.04. The van der Waals surface area contributed by atoms with Crippen molar-refractivity contribution in [1.82, 2.24) is 15.0 Å². The summed E-state index contributed by atoms with van der Waals surface area (Å²) in [4.78, 5) is 0. The zero-order chi connectivity index (χ0) is 19.6. The van der Waals surface area contributed by atoms with E-state index in [1.54, 1.807) is 23.0 Å². The van der Waals surface area contributed by atoms with Gasteiger partial charge in [0.2, 0.25) is 0 Å². The van der Waals surface area contributed by atoms with Crippen molar-refractivity contribution in [3.05, 3.63) is 30.0 Å². The molecule has 1 aromatic carbocycles. The molecule has 5 nitrogen and oxygen atoms in total. The first-order valence-electron chi connectivity index (χ1n) is 9.40. The van der Waals surface area contributed by atoms with Crippen LogP contribution in [0.1, 0.15) is 37.7 Å². The minimum Gasteiger partial charge on any atom is -0.405 e. The van der Waals surface area contributed by atoms with Crippen LogP contribution in [0.15, 0.2) is 24.4 Å². The number of halogens is 3. The van der Waals surface area contributed by atoms with Crippen LogP contribution in [0, 0.1) is 17.8 Å². The molecule has 0 amide bonds. The normalized spacial score (nSPS) is 19.8. The van der Waals surface area contributed by atoms with Gasteiger partial charge in [-0.25, -0.2) is 4.68 Å². The van der Waals surface area contributed by atoms with Gasteiger partial charge in [0.1, 0.15) is 11.4 Å². The fraction of sp³-hybridized carbons (Fsp3) is 0.500. The first-order chi connectivity index (χ1) is 13.5. The highest BCUT2D eigenvalue weighted by Crippen LogP contribution is 2.34. The van der Waals surface area contributed by atoms with Gasteiger partial charge in [-0.1, -0.05) is 17.1 Å². The third kappa shape index (κ3) is 5.04. The molecule has 1 aliphatic heterocycles. The molecule has 148 valence electrons. The predicted molar refractivity (Wildman–Crippen MR) is 95.3 cm³/mol. The number of aromatic nitrogens is 3. The second kappa shape index (κ2) is 7.84. The third-order valence-electron chi connectivity index (χ3n) is 4.68. The van der Waals surface area contributed by atoms with Crippen molar-refractivity contribution in [1.29, 1.82) is 0 Å². The summed E-state index contributed by atoms with van der Waals surface area (Å²) in [5.41, 5.74) is 1.03. The molecule has 2 heterocycles. The summed E-state index contributed by atoms with van der Waals surface area (Å²) >= 11 is 0. The Labute approximate surface area is 160 Å². The van der Waals surface area contributed by atoms with E-state index in [9.17, 15) is 13.2 Å². The summed E-state index contributed by atoms with van der Waals surface area (Å²) in [5.74, 6) is 5.99. The van der Waals surface area contributed by atoms with Crippen molar-refractivity contribution in [2.45, 2.75) is 51.1 Å². The maximum atomic E-state index is 12.9. The summed E-state index contributed by atoms with van der Waals surface area (Å²) < 4.78 is 50.2. The van der Waals surface area contributed by atoms with Crippen LogP contribution < -0.4 is 4.74 Å². The zero-order valence-corrected chi connectivity index (χ0v) is 15.2. The van der Waals surface area contributed by atoms with Crippen LogP contribution >= 0.6 is 0 Å². The van der Waals surface area contributed by atoms with Crippen LogP contribution in [0.3, 0.4) is 0 Å². The molecule has 1 saturated heterocycles. The molecule has 2 fully saturated rings. The van der Waals surface area contributed by atoms with Crippen molar-refractivity contribution in [2.75, 3.05) is 6.61 Å². The molecule has 8 heteroatoms. The highest BCUT2D eigenvalue weighted by Gasteiger charge is 2.33. The third-order valence-corrected chi connectivity index (χ3v) is 4.68. The number of nitrogens with zero attached hydrogens (tertiary/aromatic N) is 3. The van der Waals surface area contributed by atoms with Crippen molar-refractivity contribution in [3.8, 4) is 28.8 Å². The maximum absolute atomic E-state index is 12.9. The number of hydrogen-bond acceptors (Lipinski definition) is 4. The molecule has 0 radical (unpaired) electrons. The van der Waals surface area contributed by atoms with Gasteiger partial charge in [0.25, 0.3) is 0 Å². The molecule has 0 bridgehead atoms. The molecule has 28 heavy (non-hydrogen) atoms. The van der Waals surface area contributed by atoms with Crippen molar-refractivity contribution in [3.63, 3.8) is 0 Å². The van der Waals surface area contributed by atoms with Crippen molar-refractivity contribution >= 4 is 0 Å². The van der Waals surface area contributed by atoms with Crippen LogP contribution in [0.5, 0.6) is 5.75 Å². The van der Waals surface area contributed by atoms with Crippen LogP contribution in [-0.4, -0.2) is 34.1 Å². The maximum Gasteiger partial charge on any atom is 0.573 e. The number of ether oxygens (including phenoxy) is 2. The van der Waals surface area contributed by atoms with E-state index < -0.39 is 6.36 Å². The first kappa shape index (κ1) is 18.8.